The Morgan fingerprint density at radius 2 is 1.68 bits per heavy atom. The number of hydrogen-bond donors (Lipinski definition) is 4. The van der Waals surface area contributed by atoms with Crippen molar-refractivity contribution in [2.75, 3.05) is 7.11 Å². The molecule has 0 spiro atoms. The molecular formula is C18H21N3O6S. The van der Waals surface area contributed by atoms with Crippen LogP contribution in [-0.2, 0) is 10.0 Å². The van der Waals surface area contributed by atoms with Gasteiger partial charge in [-0.3, -0.25) is 20.4 Å². The molecule has 2 rings (SSSR count). The summed E-state index contributed by atoms with van der Waals surface area (Å²) in [5.41, 5.74) is 4.30. The number of ether oxygens (including phenoxy) is 1. The molecule has 2 amide bonds. The number of carbonyl (C=O) groups excluding carboxylic acids is 2. The molecule has 0 saturated heterocycles. The maximum absolute atomic E-state index is 12.5. The molecule has 0 saturated carbocycles. The van der Waals surface area contributed by atoms with Crippen LogP contribution in [0.25, 0.3) is 0 Å². The quantitative estimate of drug-likeness (QED) is 0.531. The van der Waals surface area contributed by atoms with Crippen LogP contribution in [0.15, 0.2) is 47.4 Å². The minimum Gasteiger partial charge on any atom is -0.507 e. The zero-order valence-electron chi connectivity index (χ0n) is 15.5. The van der Waals surface area contributed by atoms with Crippen LogP contribution in [0.3, 0.4) is 0 Å². The molecule has 9 nitrogen and oxygen atoms in total. The average Bonchev–Trinajstić information content (AvgIpc) is 2.64. The van der Waals surface area contributed by atoms with Crippen LogP contribution in [0.5, 0.6) is 11.5 Å². The van der Waals surface area contributed by atoms with E-state index in [9.17, 15) is 23.1 Å². The number of hydrazine groups is 1. The SMILES string of the molecule is COc1ccc(C(=O)NNC(=O)c2ccccc2O)cc1S(=O)(=O)NC(C)C. The van der Waals surface area contributed by atoms with Gasteiger partial charge in [-0.2, -0.15) is 0 Å². The highest BCUT2D eigenvalue weighted by Crippen LogP contribution is 2.25. The number of amides is 2. The number of sulfonamides is 1. The molecule has 0 fully saturated rings. The molecule has 0 aliphatic carbocycles. The maximum atomic E-state index is 12.5. The van der Waals surface area contributed by atoms with Crippen molar-refractivity contribution >= 4 is 21.8 Å². The summed E-state index contributed by atoms with van der Waals surface area (Å²) >= 11 is 0. The first-order valence-corrected chi connectivity index (χ1v) is 9.73. The second-order valence-electron chi connectivity index (χ2n) is 6.07. The molecule has 0 aromatic heterocycles. The molecule has 0 bridgehead atoms. The fourth-order valence-electron chi connectivity index (χ4n) is 2.32. The van der Waals surface area contributed by atoms with Crippen LogP contribution in [-0.4, -0.2) is 38.5 Å². The minimum atomic E-state index is -3.91. The van der Waals surface area contributed by atoms with E-state index in [0.29, 0.717) is 0 Å². The average molecular weight is 407 g/mol. The van der Waals surface area contributed by atoms with Gasteiger partial charge in [0.25, 0.3) is 11.8 Å². The number of phenols is 1. The molecule has 0 radical (unpaired) electrons. The molecule has 0 aliphatic rings. The molecule has 2 aromatic rings. The first-order valence-electron chi connectivity index (χ1n) is 8.24. The normalized spacial score (nSPS) is 11.1. The van der Waals surface area contributed by atoms with Gasteiger partial charge >= 0.3 is 0 Å². The van der Waals surface area contributed by atoms with Crippen LogP contribution in [0.2, 0.25) is 0 Å². The number of methoxy groups -OCH3 is 1. The van der Waals surface area contributed by atoms with Gasteiger partial charge in [0, 0.05) is 11.6 Å². The lowest BCUT2D eigenvalue weighted by atomic mass is 10.2. The number of nitrogens with one attached hydrogen (secondary N) is 3. The van der Waals surface area contributed by atoms with E-state index >= 15 is 0 Å². The van der Waals surface area contributed by atoms with Crippen molar-refractivity contribution in [3.63, 3.8) is 0 Å². The minimum absolute atomic E-state index is 0.0116. The molecule has 0 atom stereocenters. The van der Waals surface area contributed by atoms with Crippen LogP contribution in [0, 0.1) is 0 Å². The Hall–Kier alpha value is -3.11. The lowest BCUT2D eigenvalue weighted by Gasteiger charge is -2.14. The van der Waals surface area contributed by atoms with E-state index in [1.54, 1.807) is 26.0 Å². The van der Waals surface area contributed by atoms with E-state index in [1.807, 2.05) is 0 Å². The number of hydrogen-bond acceptors (Lipinski definition) is 6. The predicted octanol–water partition coefficient (Wildman–Crippen LogP) is 1.16. The van der Waals surface area contributed by atoms with Crippen LogP contribution in [0.1, 0.15) is 34.6 Å². The topological polar surface area (TPSA) is 134 Å². The van der Waals surface area contributed by atoms with Gasteiger partial charge in [-0.1, -0.05) is 12.1 Å². The summed E-state index contributed by atoms with van der Waals surface area (Å²) in [6.07, 6.45) is 0. The Morgan fingerprint density at radius 1 is 1.04 bits per heavy atom. The summed E-state index contributed by atoms with van der Waals surface area (Å²) in [6.45, 7) is 3.32. The summed E-state index contributed by atoms with van der Waals surface area (Å²) in [6, 6.07) is 9.30. The lowest BCUT2D eigenvalue weighted by molar-refractivity contribution is 0.0845. The van der Waals surface area contributed by atoms with E-state index in [2.05, 4.69) is 15.6 Å². The third-order valence-corrected chi connectivity index (χ3v) is 5.22. The van der Waals surface area contributed by atoms with Crippen molar-refractivity contribution in [1.29, 1.82) is 0 Å². The molecule has 28 heavy (non-hydrogen) atoms. The molecule has 2 aromatic carbocycles. The first-order chi connectivity index (χ1) is 13.2. The van der Waals surface area contributed by atoms with Gasteiger partial charge < -0.3 is 9.84 Å². The number of carbonyl (C=O) groups is 2. The summed E-state index contributed by atoms with van der Waals surface area (Å²) in [4.78, 5) is 24.2. The van der Waals surface area contributed by atoms with Crippen LogP contribution >= 0.6 is 0 Å². The predicted molar refractivity (Wildman–Crippen MR) is 101 cm³/mol. The summed E-state index contributed by atoms with van der Waals surface area (Å²) in [5.74, 6) is -1.64. The Balaban J connectivity index is 2.21. The number of benzene rings is 2. The Bertz CT molecular complexity index is 989. The summed E-state index contributed by atoms with van der Waals surface area (Å²) in [7, 11) is -2.60. The van der Waals surface area contributed by atoms with Crippen molar-refractivity contribution < 1.29 is 27.9 Å². The van der Waals surface area contributed by atoms with E-state index in [0.717, 1.165) is 6.07 Å². The van der Waals surface area contributed by atoms with Gasteiger partial charge in [-0.05, 0) is 44.2 Å². The zero-order valence-corrected chi connectivity index (χ0v) is 16.3. The molecular weight excluding hydrogens is 386 g/mol. The van der Waals surface area contributed by atoms with Gasteiger partial charge in [0.05, 0.1) is 12.7 Å². The van der Waals surface area contributed by atoms with E-state index in [4.69, 9.17) is 4.74 Å². The highest BCUT2D eigenvalue weighted by atomic mass is 32.2. The first kappa shape index (κ1) is 21.2. The Morgan fingerprint density at radius 3 is 2.29 bits per heavy atom. The maximum Gasteiger partial charge on any atom is 0.273 e. The van der Waals surface area contributed by atoms with Gasteiger partial charge in [-0.15, -0.1) is 0 Å². The molecule has 0 aliphatic heterocycles. The van der Waals surface area contributed by atoms with Gasteiger partial charge in [0.2, 0.25) is 10.0 Å². The third-order valence-electron chi connectivity index (χ3n) is 3.54. The fourth-order valence-corrected chi connectivity index (χ4v) is 3.77. The van der Waals surface area contributed by atoms with Gasteiger partial charge in [0.1, 0.15) is 16.4 Å². The van der Waals surface area contributed by atoms with Crippen molar-refractivity contribution in [2.45, 2.75) is 24.8 Å². The summed E-state index contributed by atoms with van der Waals surface area (Å²) in [5, 5.41) is 9.66. The number of phenolic OH excluding ortho intramolecular Hbond substituents is 1. The second-order valence-corrected chi connectivity index (χ2v) is 7.75. The number of rotatable bonds is 6. The lowest BCUT2D eigenvalue weighted by Crippen LogP contribution is -2.41. The molecule has 4 N–H and O–H groups in total. The van der Waals surface area contributed by atoms with E-state index in [1.165, 1.54) is 31.4 Å². The molecule has 0 heterocycles. The summed E-state index contributed by atoms with van der Waals surface area (Å²) < 4.78 is 32.4. The standard InChI is InChI=1S/C18H21N3O6S/c1-11(2)21-28(25,26)16-10-12(8-9-15(16)27-3)17(23)19-20-18(24)13-6-4-5-7-14(13)22/h4-11,21-22H,1-3H3,(H,19,23)(H,20,24). The van der Waals surface area contributed by atoms with Crippen LogP contribution in [0.4, 0.5) is 0 Å². The van der Waals surface area contributed by atoms with Gasteiger partial charge in [-0.25, -0.2) is 13.1 Å². The number of para-hydroxylation sites is 1. The Kier molecular flexibility index (Phi) is 6.60. The smallest absolute Gasteiger partial charge is 0.273 e. The molecule has 0 unspecified atom stereocenters. The highest BCUT2D eigenvalue weighted by molar-refractivity contribution is 7.89. The van der Waals surface area contributed by atoms with Crippen molar-refractivity contribution in [3.05, 3.63) is 53.6 Å². The monoisotopic (exact) mass is 407 g/mol. The van der Waals surface area contributed by atoms with Crippen molar-refractivity contribution in [1.82, 2.24) is 15.6 Å². The van der Waals surface area contributed by atoms with Crippen LogP contribution < -0.4 is 20.3 Å². The molecule has 10 heteroatoms. The van der Waals surface area contributed by atoms with E-state index in [-0.39, 0.29) is 33.6 Å². The highest BCUT2D eigenvalue weighted by Gasteiger charge is 2.22. The zero-order chi connectivity index (χ0) is 20.9. The number of aromatic hydroxyl groups is 1. The third kappa shape index (κ3) is 4.99. The van der Waals surface area contributed by atoms with E-state index < -0.39 is 21.8 Å². The molecule has 150 valence electrons. The van der Waals surface area contributed by atoms with Gasteiger partial charge in [0.15, 0.2) is 0 Å². The largest absolute Gasteiger partial charge is 0.507 e. The second kappa shape index (κ2) is 8.72. The van der Waals surface area contributed by atoms with Crippen molar-refractivity contribution in [2.24, 2.45) is 0 Å². The Labute approximate surface area is 162 Å². The fraction of sp³-hybridized carbons (Fsp3) is 0.222. The van der Waals surface area contributed by atoms with Crippen molar-refractivity contribution in [3.8, 4) is 11.5 Å².